The minimum Gasteiger partial charge on any atom is -0.357 e. The Labute approximate surface area is 56.4 Å². The minimum atomic E-state index is -0.120. The Balaban J connectivity index is 3.08. The third-order valence-electron chi connectivity index (χ3n) is 0.897. The van der Waals surface area contributed by atoms with E-state index in [2.05, 4.69) is 8.75 Å². The second-order valence-corrected chi connectivity index (χ2v) is 2.40. The molecule has 0 aliphatic heterocycles. The first kappa shape index (κ1) is 6.28. The average Bonchev–Trinajstić information content (AvgIpc) is 2.13. The average molecular weight is 145 g/mol. The number of aromatic amines is 1. The topological polar surface area (TPSA) is 49.0 Å². The molecular formula is C4H7N3OS. The highest BCUT2D eigenvalue weighted by molar-refractivity contribution is 6.99. The van der Waals surface area contributed by atoms with E-state index in [9.17, 15) is 4.79 Å². The number of anilines is 1. The van der Waals surface area contributed by atoms with E-state index in [4.69, 9.17) is 0 Å². The summed E-state index contributed by atoms with van der Waals surface area (Å²) in [6.07, 6.45) is 0. The number of nitrogens with one attached hydrogen (secondary N) is 1. The van der Waals surface area contributed by atoms with E-state index in [0.29, 0.717) is 5.82 Å². The molecule has 50 valence electrons. The second-order valence-electron chi connectivity index (χ2n) is 1.83. The van der Waals surface area contributed by atoms with Gasteiger partial charge in [0.1, 0.15) is 0 Å². The molecule has 4 nitrogen and oxygen atoms in total. The predicted octanol–water partition coefficient (Wildman–Crippen LogP) is -0.103. The summed E-state index contributed by atoms with van der Waals surface area (Å²) in [6.45, 7) is 0. The third kappa shape index (κ3) is 1.10. The van der Waals surface area contributed by atoms with Gasteiger partial charge in [0.15, 0.2) is 0 Å². The lowest BCUT2D eigenvalue weighted by molar-refractivity contribution is 1.08. The Morgan fingerprint density at radius 1 is 1.67 bits per heavy atom. The van der Waals surface area contributed by atoms with Crippen molar-refractivity contribution in [2.24, 2.45) is 0 Å². The van der Waals surface area contributed by atoms with Crippen LogP contribution in [0.2, 0.25) is 0 Å². The quantitative estimate of drug-likeness (QED) is 0.600. The normalized spacial score (nSPS) is 9.56. The van der Waals surface area contributed by atoms with Crippen molar-refractivity contribution in [3.63, 3.8) is 0 Å². The summed E-state index contributed by atoms with van der Waals surface area (Å²) < 4.78 is 6.30. The van der Waals surface area contributed by atoms with Crippen LogP contribution in [-0.2, 0) is 0 Å². The van der Waals surface area contributed by atoms with Crippen molar-refractivity contribution in [3.8, 4) is 0 Å². The fourth-order valence-electron chi connectivity index (χ4n) is 0.479. The van der Waals surface area contributed by atoms with Crippen LogP contribution >= 0.6 is 11.7 Å². The highest BCUT2D eigenvalue weighted by Crippen LogP contribution is 1.96. The van der Waals surface area contributed by atoms with Gasteiger partial charge < -0.3 is 4.90 Å². The minimum absolute atomic E-state index is 0.120. The summed E-state index contributed by atoms with van der Waals surface area (Å²) >= 11 is 1.07. The summed E-state index contributed by atoms with van der Waals surface area (Å²) in [6, 6.07) is 0. The van der Waals surface area contributed by atoms with E-state index in [1.54, 1.807) is 19.0 Å². The Hall–Kier alpha value is -0.840. The van der Waals surface area contributed by atoms with Crippen molar-refractivity contribution < 1.29 is 0 Å². The van der Waals surface area contributed by atoms with Crippen LogP contribution < -0.4 is 10.5 Å². The van der Waals surface area contributed by atoms with Gasteiger partial charge in [-0.15, -0.1) is 0 Å². The molecule has 1 aromatic rings. The number of H-pyrrole nitrogens is 1. The summed E-state index contributed by atoms with van der Waals surface area (Å²) in [7, 11) is 3.56. The summed E-state index contributed by atoms with van der Waals surface area (Å²) in [5, 5.41) is 0. The van der Waals surface area contributed by atoms with Crippen LogP contribution in [0.5, 0.6) is 0 Å². The van der Waals surface area contributed by atoms with Crippen LogP contribution in [-0.4, -0.2) is 22.8 Å². The van der Waals surface area contributed by atoms with Crippen molar-refractivity contribution >= 4 is 17.5 Å². The molecule has 0 saturated carbocycles. The largest absolute Gasteiger partial charge is 0.357 e. The first-order valence-corrected chi connectivity index (χ1v) is 3.21. The monoisotopic (exact) mass is 145 g/mol. The van der Waals surface area contributed by atoms with E-state index < -0.39 is 0 Å². The zero-order valence-electron chi connectivity index (χ0n) is 5.21. The maximum Gasteiger partial charge on any atom is 0.302 e. The second kappa shape index (κ2) is 2.18. The van der Waals surface area contributed by atoms with E-state index in [1.165, 1.54) is 0 Å². The van der Waals surface area contributed by atoms with Crippen LogP contribution in [0.1, 0.15) is 0 Å². The summed E-state index contributed by atoms with van der Waals surface area (Å²) in [5.41, 5.74) is -0.120. The molecule has 5 heteroatoms. The predicted molar refractivity (Wildman–Crippen MR) is 37.1 cm³/mol. The number of rotatable bonds is 1. The van der Waals surface area contributed by atoms with Gasteiger partial charge in [0.25, 0.3) is 0 Å². The Morgan fingerprint density at radius 2 is 2.33 bits per heavy atom. The molecule has 1 N–H and O–H groups in total. The molecule has 0 fully saturated rings. The lowest BCUT2D eigenvalue weighted by Gasteiger charge is -2.03. The number of hydrogen-bond donors (Lipinski definition) is 1. The molecule has 1 heterocycles. The van der Waals surface area contributed by atoms with Crippen molar-refractivity contribution in [2.75, 3.05) is 19.0 Å². The Morgan fingerprint density at radius 3 is 2.56 bits per heavy atom. The van der Waals surface area contributed by atoms with Crippen LogP contribution in [0.15, 0.2) is 4.79 Å². The SMILES string of the molecule is CN(C)c1ns[nH]c1=O. The smallest absolute Gasteiger partial charge is 0.302 e. The highest BCUT2D eigenvalue weighted by atomic mass is 32.1. The molecule has 0 aliphatic carbocycles. The van der Waals surface area contributed by atoms with E-state index >= 15 is 0 Å². The Kier molecular flexibility index (Phi) is 1.52. The molecule has 0 radical (unpaired) electrons. The van der Waals surface area contributed by atoms with Gasteiger partial charge in [-0.25, -0.2) is 0 Å². The molecule has 0 unspecified atom stereocenters. The van der Waals surface area contributed by atoms with E-state index in [-0.39, 0.29) is 5.56 Å². The van der Waals surface area contributed by atoms with Crippen LogP contribution in [0.4, 0.5) is 5.82 Å². The van der Waals surface area contributed by atoms with Crippen molar-refractivity contribution in [1.29, 1.82) is 0 Å². The lowest BCUT2D eigenvalue weighted by atomic mass is 10.7. The molecule has 1 rings (SSSR count). The van der Waals surface area contributed by atoms with Crippen molar-refractivity contribution in [1.82, 2.24) is 8.75 Å². The molecule has 1 aromatic heterocycles. The first-order chi connectivity index (χ1) is 4.22. The van der Waals surface area contributed by atoms with Gasteiger partial charge in [0.2, 0.25) is 5.82 Å². The van der Waals surface area contributed by atoms with Gasteiger partial charge in [0, 0.05) is 25.8 Å². The highest BCUT2D eigenvalue weighted by Gasteiger charge is 2.01. The molecule has 0 spiro atoms. The van der Waals surface area contributed by atoms with Crippen molar-refractivity contribution in [2.45, 2.75) is 0 Å². The Bertz CT molecular complexity index is 238. The fraction of sp³-hybridized carbons (Fsp3) is 0.500. The molecule has 0 atom stereocenters. The first-order valence-electron chi connectivity index (χ1n) is 2.43. The van der Waals surface area contributed by atoms with Gasteiger partial charge in [-0.3, -0.25) is 9.17 Å². The number of nitrogens with zero attached hydrogens (tertiary/aromatic N) is 2. The fourth-order valence-corrected chi connectivity index (χ4v) is 1.03. The molecular weight excluding hydrogens is 138 g/mol. The molecule has 0 aliphatic rings. The summed E-state index contributed by atoms with van der Waals surface area (Å²) in [5.74, 6) is 0.472. The zero-order chi connectivity index (χ0) is 6.85. The molecule has 0 bridgehead atoms. The van der Waals surface area contributed by atoms with Crippen LogP contribution in [0.3, 0.4) is 0 Å². The van der Waals surface area contributed by atoms with Gasteiger partial charge in [-0.2, -0.15) is 4.37 Å². The van der Waals surface area contributed by atoms with Gasteiger partial charge >= 0.3 is 5.56 Å². The molecule has 0 saturated heterocycles. The number of aromatic nitrogens is 2. The van der Waals surface area contributed by atoms with Gasteiger partial charge in [0.05, 0.1) is 0 Å². The van der Waals surface area contributed by atoms with Crippen LogP contribution in [0, 0.1) is 0 Å². The lowest BCUT2D eigenvalue weighted by Crippen LogP contribution is -2.17. The maximum absolute atomic E-state index is 10.7. The molecule has 0 amide bonds. The van der Waals surface area contributed by atoms with E-state index in [1.807, 2.05) is 0 Å². The van der Waals surface area contributed by atoms with Gasteiger partial charge in [-0.05, 0) is 0 Å². The maximum atomic E-state index is 10.7. The van der Waals surface area contributed by atoms with Gasteiger partial charge in [-0.1, -0.05) is 0 Å². The third-order valence-corrected chi connectivity index (χ3v) is 1.44. The number of hydrogen-bond acceptors (Lipinski definition) is 4. The molecule has 9 heavy (non-hydrogen) atoms. The standard InChI is InChI=1S/C4H7N3OS/c1-7(2)3-4(8)6-9-5-3/h1-2H3,(H,6,8). The molecule has 0 aromatic carbocycles. The summed E-state index contributed by atoms with van der Waals surface area (Å²) in [4.78, 5) is 12.4. The van der Waals surface area contributed by atoms with E-state index in [0.717, 1.165) is 11.7 Å². The zero-order valence-corrected chi connectivity index (χ0v) is 6.03. The van der Waals surface area contributed by atoms with Crippen LogP contribution in [0.25, 0.3) is 0 Å². The van der Waals surface area contributed by atoms with Crippen molar-refractivity contribution in [3.05, 3.63) is 10.4 Å².